The van der Waals surface area contributed by atoms with Gasteiger partial charge in [-0.1, -0.05) is 18.2 Å². The normalized spacial score (nSPS) is 11.0. The maximum absolute atomic E-state index is 13.8. The molecule has 0 heterocycles. The van der Waals surface area contributed by atoms with Gasteiger partial charge in [0, 0.05) is 11.6 Å². The van der Waals surface area contributed by atoms with Crippen LogP contribution in [0.15, 0.2) is 36.4 Å². The molecule has 0 saturated carbocycles. The van der Waals surface area contributed by atoms with Crippen molar-refractivity contribution in [1.82, 2.24) is 0 Å². The first-order chi connectivity index (χ1) is 11.5. The average molecular weight is 328 g/mol. The summed E-state index contributed by atoms with van der Waals surface area (Å²) in [6.07, 6.45) is 1.30. The third-order valence-electron chi connectivity index (χ3n) is 3.17. The number of aromatic hydroxyl groups is 1. The molecule has 0 amide bonds. The second-order valence-corrected chi connectivity index (χ2v) is 4.73. The van der Waals surface area contributed by atoms with E-state index in [4.69, 9.17) is 4.74 Å². The lowest BCUT2D eigenvalue weighted by atomic mass is 10.0. The second kappa shape index (κ2) is 7.24. The van der Waals surface area contributed by atoms with Gasteiger partial charge in [0.15, 0.2) is 5.75 Å². The highest BCUT2D eigenvalue weighted by atomic mass is 19.1. The van der Waals surface area contributed by atoms with Crippen molar-refractivity contribution in [3.05, 3.63) is 63.5 Å². The molecule has 7 heteroatoms. The fraction of sp³-hybridized carbons (Fsp3) is 0.118. The number of phenolic OH excluding ortho intramolecular Hbond substituents is 1. The van der Waals surface area contributed by atoms with Crippen molar-refractivity contribution in [1.29, 1.82) is 5.26 Å². The summed E-state index contributed by atoms with van der Waals surface area (Å²) in [5.41, 5.74) is -0.245. The van der Waals surface area contributed by atoms with Gasteiger partial charge < -0.3 is 9.84 Å². The fourth-order valence-electron chi connectivity index (χ4n) is 2.12. The summed E-state index contributed by atoms with van der Waals surface area (Å²) in [5.74, 6) is -1.25. The Hall–Kier alpha value is -3.40. The lowest BCUT2D eigenvalue weighted by Crippen LogP contribution is -1.96. The van der Waals surface area contributed by atoms with E-state index in [1.807, 2.05) is 6.07 Å². The van der Waals surface area contributed by atoms with Gasteiger partial charge >= 0.3 is 5.69 Å². The third kappa shape index (κ3) is 3.50. The number of hydrogen-bond acceptors (Lipinski definition) is 5. The quantitative estimate of drug-likeness (QED) is 0.388. The van der Waals surface area contributed by atoms with E-state index >= 15 is 0 Å². The molecule has 0 fully saturated rings. The topological polar surface area (TPSA) is 96.4 Å². The number of nitrogens with zero attached hydrogens (tertiary/aromatic N) is 2. The number of nitro groups is 1. The summed E-state index contributed by atoms with van der Waals surface area (Å²) in [4.78, 5) is 10.3. The zero-order valence-corrected chi connectivity index (χ0v) is 12.7. The van der Waals surface area contributed by atoms with Crippen molar-refractivity contribution in [2.75, 3.05) is 6.61 Å². The van der Waals surface area contributed by atoms with Crippen molar-refractivity contribution in [2.24, 2.45) is 0 Å². The van der Waals surface area contributed by atoms with E-state index < -0.39 is 22.2 Å². The summed E-state index contributed by atoms with van der Waals surface area (Å²) in [7, 11) is 0. The highest BCUT2D eigenvalue weighted by Crippen LogP contribution is 2.38. The Morgan fingerprint density at radius 3 is 2.75 bits per heavy atom. The molecule has 122 valence electrons. The number of ether oxygens (including phenoxy) is 1. The predicted molar refractivity (Wildman–Crippen MR) is 85.8 cm³/mol. The summed E-state index contributed by atoms with van der Waals surface area (Å²) in [6.45, 7) is 1.85. The van der Waals surface area contributed by atoms with Crippen LogP contribution in [-0.4, -0.2) is 16.6 Å². The summed E-state index contributed by atoms with van der Waals surface area (Å²) in [6, 6.07) is 10.0. The lowest BCUT2D eigenvalue weighted by molar-refractivity contribution is -0.386. The van der Waals surface area contributed by atoms with Crippen LogP contribution in [0.1, 0.15) is 18.1 Å². The van der Waals surface area contributed by atoms with Gasteiger partial charge in [-0.15, -0.1) is 0 Å². The SMILES string of the molecule is CCOc1cc(C=C(C#N)c2ccccc2F)cc([N+](=O)[O-])c1O. The first-order valence-corrected chi connectivity index (χ1v) is 6.98. The number of rotatable bonds is 5. The van der Waals surface area contributed by atoms with E-state index in [0.717, 1.165) is 6.07 Å². The van der Waals surface area contributed by atoms with Gasteiger partial charge in [-0.25, -0.2) is 4.39 Å². The predicted octanol–water partition coefficient (Wildman–Crippen LogP) is 3.90. The van der Waals surface area contributed by atoms with E-state index in [9.17, 15) is 24.9 Å². The van der Waals surface area contributed by atoms with Crippen molar-refractivity contribution in [3.8, 4) is 17.6 Å². The van der Waals surface area contributed by atoms with E-state index in [2.05, 4.69) is 0 Å². The standard InChI is InChI=1S/C17H13FN2O4/c1-2-24-16-9-11(8-15(17(16)21)20(22)23)7-12(10-19)13-5-3-4-6-14(13)18/h3-9,21H,2H2,1H3. The Morgan fingerprint density at radius 1 is 1.46 bits per heavy atom. The molecule has 0 bridgehead atoms. The molecule has 2 rings (SSSR count). The lowest BCUT2D eigenvalue weighted by Gasteiger charge is -2.08. The molecule has 0 spiro atoms. The van der Waals surface area contributed by atoms with E-state index in [1.54, 1.807) is 13.0 Å². The largest absolute Gasteiger partial charge is 0.500 e. The third-order valence-corrected chi connectivity index (χ3v) is 3.17. The van der Waals surface area contributed by atoms with Gasteiger partial charge in [-0.2, -0.15) is 5.26 Å². The molecule has 6 nitrogen and oxygen atoms in total. The number of benzene rings is 2. The summed E-state index contributed by atoms with van der Waals surface area (Å²) in [5, 5.41) is 30.2. The number of nitriles is 1. The monoisotopic (exact) mass is 328 g/mol. The van der Waals surface area contributed by atoms with Gasteiger partial charge in [0.25, 0.3) is 0 Å². The summed E-state index contributed by atoms with van der Waals surface area (Å²) < 4.78 is 19.0. The van der Waals surface area contributed by atoms with E-state index in [1.165, 1.54) is 30.3 Å². The molecule has 0 atom stereocenters. The Kier molecular flexibility index (Phi) is 5.12. The maximum Gasteiger partial charge on any atom is 0.315 e. The molecule has 0 aromatic heterocycles. The fourth-order valence-corrected chi connectivity index (χ4v) is 2.12. The number of hydrogen-bond donors (Lipinski definition) is 1. The smallest absolute Gasteiger partial charge is 0.315 e. The Morgan fingerprint density at radius 2 is 2.17 bits per heavy atom. The molecule has 2 aromatic rings. The van der Waals surface area contributed by atoms with Crippen LogP contribution in [0.5, 0.6) is 11.5 Å². The maximum atomic E-state index is 13.8. The van der Waals surface area contributed by atoms with Gasteiger partial charge in [-0.05, 0) is 30.7 Å². The molecule has 1 N–H and O–H groups in total. The first-order valence-electron chi connectivity index (χ1n) is 6.98. The van der Waals surface area contributed by atoms with Crippen LogP contribution in [0.3, 0.4) is 0 Å². The molecule has 0 unspecified atom stereocenters. The minimum Gasteiger partial charge on any atom is -0.500 e. The zero-order valence-electron chi connectivity index (χ0n) is 12.7. The first kappa shape index (κ1) is 17.0. The molecule has 2 aromatic carbocycles. The van der Waals surface area contributed by atoms with Crippen LogP contribution in [0.25, 0.3) is 11.6 Å². The number of halogens is 1. The second-order valence-electron chi connectivity index (χ2n) is 4.73. The van der Waals surface area contributed by atoms with Crippen LogP contribution in [-0.2, 0) is 0 Å². The highest BCUT2D eigenvalue weighted by Gasteiger charge is 2.20. The molecule has 0 radical (unpaired) electrons. The van der Waals surface area contributed by atoms with Crippen LogP contribution >= 0.6 is 0 Å². The molecule has 24 heavy (non-hydrogen) atoms. The minimum absolute atomic E-state index is 0.00413. The minimum atomic E-state index is -0.760. The van der Waals surface area contributed by atoms with Crippen molar-refractivity contribution < 1.29 is 19.2 Å². The number of allylic oxidation sites excluding steroid dienone is 1. The van der Waals surface area contributed by atoms with Crippen LogP contribution in [0, 0.1) is 27.3 Å². The van der Waals surface area contributed by atoms with Gasteiger partial charge in [-0.3, -0.25) is 10.1 Å². The number of nitro benzene ring substituents is 1. The Labute approximate surface area is 137 Å². The van der Waals surface area contributed by atoms with Crippen molar-refractivity contribution in [3.63, 3.8) is 0 Å². The van der Waals surface area contributed by atoms with Crippen molar-refractivity contribution >= 4 is 17.3 Å². The van der Waals surface area contributed by atoms with E-state index in [0.29, 0.717) is 0 Å². The van der Waals surface area contributed by atoms with Crippen molar-refractivity contribution in [2.45, 2.75) is 6.92 Å². The molecular weight excluding hydrogens is 315 g/mol. The Balaban J connectivity index is 2.61. The average Bonchev–Trinajstić information content (AvgIpc) is 2.56. The molecular formula is C17H13FN2O4. The van der Waals surface area contributed by atoms with Crippen LogP contribution in [0.2, 0.25) is 0 Å². The van der Waals surface area contributed by atoms with Gasteiger partial charge in [0.2, 0.25) is 5.75 Å². The summed E-state index contributed by atoms with van der Waals surface area (Å²) >= 11 is 0. The Bertz CT molecular complexity index is 856. The molecule has 0 aliphatic rings. The van der Waals surface area contributed by atoms with Crippen LogP contribution in [0.4, 0.5) is 10.1 Å². The number of phenols is 1. The zero-order chi connectivity index (χ0) is 17.7. The molecule has 0 saturated heterocycles. The van der Waals surface area contributed by atoms with E-state index in [-0.39, 0.29) is 29.1 Å². The van der Waals surface area contributed by atoms with Gasteiger partial charge in [0.05, 0.1) is 23.2 Å². The molecule has 0 aliphatic carbocycles. The highest BCUT2D eigenvalue weighted by molar-refractivity contribution is 5.90. The van der Waals surface area contributed by atoms with Gasteiger partial charge in [0.1, 0.15) is 5.82 Å². The molecule has 0 aliphatic heterocycles. The van der Waals surface area contributed by atoms with Crippen LogP contribution < -0.4 is 4.74 Å².